The normalized spacial score (nSPS) is 21.0. The highest BCUT2D eigenvalue weighted by molar-refractivity contribution is 5.87. The van der Waals surface area contributed by atoms with Crippen LogP contribution in [0.4, 0.5) is 4.79 Å². The maximum absolute atomic E-state index is 12.1. The van der Waals surface area contributed by atoms with Gasteiger partial charge in [-0.2, -0.15) is 0 Å². The van der Waals surface area contributed by atoms with Gasteiger partial charge in [-0.15, -0.1) is 0 Å². The fourth-order valence-corrected chi connectivity index (χ4v) is 2.85. The zero-order valence-electron chi connectivity index (χ0n) is 15.1. The smallest absolute Gasteiger partial charge is 0.410 e. The third-order valence-corrected chi connectivity index (χ3v) is 4.30. The largest absolute Gasteiger partial charge is 0.444 e. The molecule has 6 nitrogen and oxygen atoms in total. The molecule has 1 fully saturated rings. The van der Waals surface area contributed by atoms with Crippen LogP contribution >= 0.6 is 0 Å². The number of rotatable bonds is 3. The summed E-state index contributed by atoms with van der Waals surface area (Å²) < 4.78 is 5.43. The Morgan fingerprint density at radius 3 is 2.65 bits per heavy atom. The van der Waals surface area contributed by atoms with E-state index in [2.05, 4.69) is 22.1 Å². The second-order valence-electron chi connectivity index (χ2n) is 7.68. The molecule has 0 saturated carbocycles. The van der Waals surface area contributed by atoms with Gasteiger partial charge in [0, 0.05) is 19.6 Å². The van der Waals surface area contributed by atoms with Crippen molar-refractivity contribution in [2.75, 3.05) is 45.8 Å². The number of nitrogens with one attached hydrogen (secondary N) is 1. The molecule has 2 rings (SSSR count). The Labute approximate surface area is 140 Å². The van der Waals surface area contributed by atoms with E-state index >= 15 is 0 Å². The van der Waals surface area contributed by atoms with Gasteiger partial charge in [-0.25, -0.2) is 4.79 Å². The van der Waals surface area contributed by atoms with Crippen molar-refractivity contribution in [3.8, 4) is 0 Å². The fourth-order valence-electron chi connectivity index (χ4n) is 2.85. The second-order valence-corrected chi connectivity index (χ2v) is 7.68. The Hall–Kier alpha value is -1.30. The van der Waals surface area contributed by atoms with Gasteiger partial charge in [0.1, 0.15) is 11.4 Å². The quantitative estimate of drug-likeness (QED) is 0.862. The molecule has 1 N–H and O–H groups in total. The van der Waals surface area contributed by atoms with E-state index < -0.39 is 5.60 Å². The van der Waals surface area contributed by atoms with Gasteiger partial charge in [-0.1, -0.05) is 6.92 Å². The van der Waals surface area contributed by atoms with E-state index in [1.54, 1.807) is 4.90 Å². The predicted molar refractivity (Wildman–Crippen MR) is 92.9 cm³/mol. The molecule has 2 aliphatic rings. The molecule has 1 amide bonds. The van der Waals surface area contributed by atoms with Gasteiger partial charge < -0.3 is 15.0 Å². The van der Waals surface area contributed by atoms with E-state index in [4.69, 9.17) is 4.74 Å². The third kappa shape index (κ3) is 6.37. The number of hydrogen-bond donors (Lipinski definition) is 1. The van der Waals surface area contributed by atoms with Crippen molar-refractivity contribution >= 4 is 11.9 Å². The average molecular weight is 324 g/mol. The molecular weight excluding hydrogens is 292 g/mol. The zero-order valence-corrected chi connectivity index (χ0v) is 15.1. The summed E-state index contributed by atoms with van der Waals surface area (Å²) in [7, 11) is 0. The minimum absolute atomic E-state index is 0.253. The van der Waals surface area contributed by atoms with Crippen LogP contribution in [0.2, 0.25) is 0 Å². The van der Waals surface area contributed by atoms with E-state index in [9.17, 15) is 4.79 Å². The third-order valence-electron chi connectivity index (χ3n) is 4.30. The van der Waals surface area contributed by atoms with Crippen molar-refractivity contribution in [2.45, 2.75) is 46.1 Å². The Bertz CT molecular complexity index is 423. The molecule has 132 valence electrons. The molecule has 0 atom stereocenters. The van der Waals surface area contributed by atoms with Gasteiger partial charge in [0.25, 0.3) is 0 Å². The highest BCUT2D eigenvalue weighted by atomic mass is 16.6. The Morgan fingerprint density at radius 1 is 1.30 bits per heavy atom. The Kier molecular flexibility index (Phi) is 6.27. The average Bonchev–Trinajstić information content (AvgIpc) is 2.48. The molecule has 0 aromatic carbocycles. The number of amides is 1. The van der Waals surface area contributed by atoms with Crippen LogP contribution in [0.15, 0.2) is 4.99 Å². The number of aliphatic imine (C=N–C) groups is 1. The van der Waals surface area contributed by atoms with E-state index in [1.165, 1.54) is 25.9 Å². The minimum atomic E-state index is -0.454. The van der Waals surface area contributed by atoms with Crippen LogP contribution in [0.3, 0.4) is 0 Å². The van der Waals surface area contributed by atoms with Crippen LogP contribution in [-0.4, -0.2) is 73.1 Å². The number of carbonyl (C=O) groups excluding carboxylic acids is 1. The summed E-state index contributed by atoms with van der Waals surface area (Å²) in [5.74, 6) is 1.76. The summed E-state index contributed by atoms with van der Waals surface area (Å²) >= 11 is 0. The first-order chi connectivity index (χ1) is 10.8. The van der Waals surface area contributed by atoms with Crippen molar-refractivity contribution in [1.29, 1.82) is 0 Å². The number of ether oxygens (including phenoxy) is 1. The first-order valence-electron chi connectivity index (χ1n) is 8.81. The Morgan fingerprint density at radius 2 is 2.00 bits per heavy atom. The molecule has 0 aromatic rings. The number of carbonyl (C=O) groups is 1. The van der Waals surface area contributed by atoms with Crippen LogP contribution in [0, 0.1) is 5.92 Å². The molecule has 0 aliphatic carbocycles. The van der Waals surface area contributed by atoms with Gasteiger partial charge in [-0.3, -0.25) is 9.89 Å². The van der Waals surface area contributed by atoms with Crippen LogP contribution in [0.25, 0.3) is 0 Å². The Balaban J connectivity index is 1.70. The molecule has 2 heterocycles. The summed E-state index contributed by atoms with van der Waals surface area (Å²) in [5.41, 5.74) is -0.454. The molecule has 2 aliphatic heterocycles. The lowest BCUT2D eigenvalue weighted by atomic mass is 9.99. The maximum Gasteiger partial charge on any atom is 0.410 e. The second kappa shape index (κ2) is 7.99. The number of amidine groups is 1. The van der Waals surface area contributed by atoms with Gasteiger partial charge in [0.15, 0.2) is 0 Å². The van der Waals surface area contributed by atoms with Crippen LogP contribution in [0.5, 0.6) is 0 Å². The lowest BCUT2D eigenvalue weighted by Gasteiger charge is -2.31. The van der Waals surface area contributed by atoms with Gasteiger partial charge >= 0.3 is 6.09 Å². The SMILES string of the molecule is CC1CCN(CCNC2=NCCN(C(=O)OC(C)(C)C)C2)CC1. The van der Waals surface area contributed by atoms with Crippen molar-refractivity contribution in [3.63, 3.8) is 0 Å². The predicted octanol–water partition coefficient (Wildman–Crippen LogP) is 1.96. The van der Waals surface area contributed by atoms with Gasteiger partial charge in [0.05, 0.1) is 13.1 Å². The maximum atomic E-state index is 12.1. The molecule has 6 heteroatoms. The number of hydrogen-bond acceptors (Lipinski definition) is 5. The van der Waals surface area contributed by atoms with Crippen LogP contribution in [0.1, 0.15) is 40.5 Å². The summed E-state index contributed by atoms with van der Waals surface area (Å²) in [6.07, 6.45) is 2.34. The minimum Gasteiger partial charge on any atom is -0.444 e. The van der Waals surface area contributed by atoms with Crippen LogP contribution < -0.4 is 5.32 Å². The summed E-state index contributed by atoms with van der Waals surface area (Å²) in [5, 5.41) is 3.39. The molecule has 0 bridgehead atoms. The molecule has 1 saturated heterocycles. The molecule has 0 aromatic heterocycles. The first kappa shape index (κ1) is 18.0. The lowest BCUT2D eigenvalue weighted by Crippen LogP contribution is -2.48. The monoisotopic (exact) mass is 324 g/mol. The van der Waals surface area contributed by atoms with E-state index in [1.807, 2.05) is 20.8 Å². The van der Waals surface area contributed by atoms with E-state index in [-0.39, 0.29) is 6.09 Å². The molecule has 0 spiro atoms. The molecular formula is C17H32N4O2. The number of likely N-dealkylation sites (tertiary alicyclic amines) is 1. The molecule has 0 radical (unpaired) electrons. The number of piperidine rings is 1. The summed E-state index contributed by atoms with van der Waals surface area (Å²) in [6, 6.07) is 0. The first-order valence-corrected chi connectivity index (χ1v) is 8.81. The van der Waals surface area contributed by atoms with Crippen molar-refractivity contribution in [2.24, 2.45) is 10.9 Å². The number of nitrogens with zero attached hydrogens (tertiary/aromatic N) is 3. The topological polar surface area (TPSA) is 57.2 Å². The summed E-state index contributed by atoms with van der Waals surface area (Å²) in [4.78, 5) is 20.8. The van der Waals surface area contributed by atoms with E-state index in [0.29, 0.717) is 19.6 Å². The van der Waals surface area contributed by atoms with Crippen LogP contribution in [-0.2, 0) is 4.74 Å². The van der Waals surface area contributed by atoms with E-state index in [0.717, 1.165) is 24.8 Å². The highest BCUT2D eigenvalue weighted by Gasteiger charge is 2.25. The standard InChI is InChI=1S/C17H32N4O2/c1-14-5-9-20(10-6-14)11-7-18-15-13-21(12-8-19-15)16(22)23-17(2,3)4/h14H,5-13H2,1-4H3,(H,18,19). The molecule has 23 heavy (non-hydrogen) atoms. The zero-order chi connectivity index (χ0) is 16.9. The highest BCUT2D eigenvalue weighted by Crippen LogP contribution is 2.15. The lowest BCUT2D eigenvalue weighted by molar-refractivity contribution is 0.0276. The summed E-state index contributed by atoms with van der Waals surface area (Å²) in [6.45, 7) is 14.1. The van der Waals surface area contributed by atoms with Crippen molar-refractivity contribution in [1.82, 2.24) is 15.1 Å². The van der Waals surface area contributed by atoms with Crippen molar-refractivity contribution in [3.05, 3.63) is 0 Å². The van der Waals surface area contributed by atoms with Crippen molar-refractivity contribution < 1.29 is 9.53 Å². The van der Waals surface area contributed by atoms with Gasteiger partial charge in [0.2, 0.25) is 0 Å². The van der Waals surface area contributed by atoms with Gasteiger partial charge in [-0.05, 0) is 52.6 Å². The fraction of sp³-hybridized carbons (Fsp3) is 0.882. The molecule has 0 unspecified atom stereocenters.